The average Bonchev–Trinajstić information content (AvgIpc) is 2.81. The first-order valence-corrected chi connectivity index (χ1v) is 6.00. The standard InChI is InChI=1S/C12H23N/c1-9-5-3-4-6-12(9)13-8-11-7-10(11)2/h9-13H,3-8H2,1-2H3. The molecule has 1 heteroatoms. The van der Waals surface area contributed by atoms with Crippen molar-refractivity contribution in [1.29, 1.82) is 0 Å². The molecule has 0 heterocycles. The van der Waals surface area contributed by atoms with E-state index < -0.39 is 0 Å². The van der Waals surface area contributed by atoms with E-state index in [2.05, 4.69) is 19.2 Å². The Balaban J connectivity index is 1.67. The minimum atomic E-state index is 0.835. The number of nitrogens with one attached hydrogen (secondary N) is 1. The van der Waals surface area contributed by atoms with Gasteiger partial charge in [0.1, 0.15) is 0 Å². The summed E-state index contributed by atoms with van der Waals surface area (Å²) < 4.78 is 0. The molecule has 2 rings (SSSR count). The zero-order valence-electron chi connectivity index (χ0n) is 9.05. The molecule has 13 heavy (non-hydrogen) atoms. The molecule has 2 fully saturated rings. The lowest BCUT2D eigenvalue weighted by atomic mass is 9.86. The van der Waals surface area contributed by atoms with Crippen molar-refractivity contribution >= 4 is 0 Å². The van der Waals surface area contributed by atoms with Gasteiger partial charge in [-0.3, -0.25) is 0 Å². The van der Waals surface area contributed by atoms with Gasteiger partial charge in [0.2, 0.25) is 0 Å². The first-order chi connectivity index (χ1) is 6.27. The van der Waals surface area contributed by atoms with Crippen LogP contribution in [0.4, 0.5) is 0 Å². The number of hydrogen-bond acceptors (Lipinski definition) is 1. The summed E-state index contributed by atoms with van der Waals surface area (Å²) in [6, 6.07) is 0.835. The van der Waals surface area contributed by atoms with Gasteiger partial charge in [0, 0.05) is 6.04 Å². The summed E-state index contributed by atoms with van der Waals surface area (Å²) in [4.78, 5) is 0. The highest BCUT2D eigenvalue weighted by Crippen LogP contribution is 2.37. The van der Waals surface area contributed by atoms with E-state index in [9.17, 15) is 0 Å². The molecule has 0 saturated heterocycles. The maximum Gasteiger partial charge on any atom is 0.00928 e. The van der Waals surface area contributed by atoms with Crippen LogP contribution < -0.4 is 5.32 Å². The van der Waals surface area contributed by atoms with Crippen molar-refractivity contribution in [2.24, 2.45) is 17.8 Å². The molecule has 0 amide bonds. The van der Waals surface area contributed by atoms with Crippen LogP contribution >= 0.6 is 0 Å². The second-order valence-corrected chi connectivity index (χ2v) is 5.25. The average molecular weight is 181 g/mol. The minimum absolute atomic E-state index is 0.835. The van der Waals surface area contributed by atoms with E-state index >= 15 is 0 Å². The van der Waals surface area contributed by atoms with Crippen molar-refractivity contribution < 1.29 is 0 Å². The predicted octanol–water partition coefficient (Wildman–Crippen LogP) is 2.81. The van der Waals surface area contributed by atoms with Gasteiger partial charge >= 0.3 is 0 Å². The SMILES string of the molecule is CC1CC1CNC1CCCCC1C. The first-order valence-electron chi connectivity index (χ1n) is 6.00. The largest absolute Gasteiger partial charge is 0.313 e. The van der Waals surface area contributed by atoms with Crippen LogP contribution in [0.5, 0.6) is 0 Å². The van der Waals surface area contributed by atoms with E-state index in [4.69, 9.17) is 0 Å². The Morgan fingerprint density at radius 2 is 1.77 bits per heavy atom. The van der Waals surface area contributed by atoms with Crippen LogP contribution in [0.15, 0.2) is 0 Å². The normalized spacial score (nSPS) is 44.8. The molecular formula is C12H23N. The monoisotopic (exact) mass is 181 g/mol. The highest BCUT2D eigenvalue weighted by molar-refractivity contribution is 4.87. The Hall–Kier alpha value is -0.0400. The summed E-state index contributed by atoms with van der Waals surface area (Å²) in [5.41, 5.74) is 0. The molecule has 4 atom stereocenters. The second kappa shape index (κ2) is 4.00. The van der Waals surface area contributed by atoms with Crippen LogP contribution in [-0.2, 0) is 0 Å². The van der Waals surface area contributed by atoms with E-state index in [1.807, 2.05) is 0 Å². The fourth-order valence-corrected chi connectivity index (χ4v) is 2.61. The van der Waals surface area contributed by atoms with Crippen LogP contribution in [0.25, 0.3) is 0 Å². The van der Waals surface area contributed by atoms with Crippen LogP contribution in [-0.4, -0.2) is 12.6 Å². The highest BCUT2D eigenvalue weighted by Gasteiger charge is 2.33. The molecule has 4 unspecified atom stereocenters. The summed E-state index contributed by atoms with van der Waals surface area (Å²) in [5, 5.41) is 3.76. The van der Waals surface area contributed by atoms with E-state index in [0.29, 0.717) is 0 Å². The predicted molar refractivity (Wildman–Crippen MR) is 56.7 cm³/mol. The maximum absolute atomic E-state index is 3.76. The molecule has 2 aliphatic carbocycles. The van der Waals surface area contributed by atoms with Gasteiger partial charge in [-0.15, -0.1) is 0 Å². The Kier molecular flexibility index (Phi) is 2.92. The quantitative estimate of drug-likeness (QED) is 0.706. The highest BCUT2D eigenvalue weighted by atomic mass is 14.9. The Labute approximate surface area is 82.3 Å². The lowest BCUT2D eigenvalue weighted by Gasteiger charge is -2.29. The molecule has 0 radical (unpaired) electrons. The fourth-order valence-electron chi connectivity index (χ4n) is 2.61. The third-order valence-corrected chi connectivity index (χ3v) is 4.03. The van der Waals surface area contributed by atoms with Gasteiger partial charge in [0.05, 0.1) is 0 Å². The van der Waals surface area contributed by atoms with E-state index in [1.165, 1.54) is 38.6 Å². The van der Waals surface area contributed by atoms with E-state index in [-0.39, 0.29) is 0 Å². The molecule has 0 aromatic carbocycles. The summed E-state index contributed by atoms with van der Waals surface area (Å²) >= 11 is 0. The molecular weight excluding hydrogens is 158 g/mol. The Bertz CT molecular complexity index is 167. The van der Waals surface area contributed by atoms with Crippen molar-refractivity contribution in [2.75, 3.05) is 6.54 Å². The number of rotatable bonds is 3. The van der Waals surface area contributed by atoms with Gasteiger partial charge in [-0.1, -0.05) is 26.7 Å². The van der Waals surface area contributed by atoms with Crippen LogP contribution in [0, 0.1) is 17.8 Å². The molecule has 0 bridgehead atoms. The number of hydrogen-bond donors (Lipinski definition) is 1. The summed E-state index contributed by atoms with van der Waals surface area (Å²) in [5.74, 6) is 2.93. The molecule has 1 nitrogen and oxygen atoms in total. The molecule has 1 N–H and O–H groups in total. The smallest absolute Gasteiger partial charge is 0.00928 e. The summed E-state index contributed by atoms with van der Waals surface area (Å²) in [6.45, 7) is 6.07. The first kappa shape index (κ1) is 9.51. The third kappa shape index (κ3) is 2.46. The van der Waals surface area contributed by atoms with Crippen LogP contribution in [0.3, 0.4) is 0 Å². The minimum Gasteiger partial charge on any atom is -0.313 e. The van der Waals surface area contributed by atoms with Crippen molar-refractivity contribution in [2.45, 2.75) is 52.0 Å². The second-order valence-electron chi connectivity index (χ2n) is 5.25. The maximum atomic E-state index is 3.76. The fraction of sp³-hybridized carbons (Fsp3) is 1.00. The molecule has 2 saturated carbocycles. The van der Waals surface area contributed by atoms with E-state index in [1.54, 1.807) is 0 Å². The zero-order valence-corrected chi connectivity index (χ0v) is 9.05. The zero-order chi connectivity index (χ0) is 9.26. The Morgan fingerprint density at radius 1 is 1.08 bits per heavy atom. The molecule has 0 aliphatic heterocycles. The van der Waals surface area contributed by atoms with Crippen molar-refractivity contribution in [3.8, 4) is 0 Å². The lowest BCUT2D eigenvalue weighted by Crippen LogP contribution is -2.38. The van der Waals surface area contributed by atoms with Gasteiger partial charge in [-0.2, -0.15) is 0 Å². The van der Waals surface area contributed by atoms with Crippen molar-refractivity contribution in [1.82, 2.24) is 5.32 Å². The lowest BCUT2D eigenvalue weighted by molar-refractivity contribution is 0.277. The topological polar surface area (TPSA) is 12.0 Å². The molecule has 76 valence electrons. The molecule has 0 aromatic heterocycles. The molecule has 2 aliphatic rings. The van der Waals surface area contributed by atoms with E-state index in [0.717, 1.165) is 23.8 Å². The van der Waals surface area contributed by atoms with Gasteiger partial charge < -0.3 is 5.32 Å². The summed E-state index contributed by atoms with van der Waals surface area (Å²) in [7, 11) is 0. The summed E-state index contributed by atoms with van der Waals surface area (Å²) in [6.07, 6.45) is 7.23. The van der Waals surface area contributed by atoms with Gasteiger partial charge in [-0.05, 0) is 43.6 Å². The Morgan fingerprint density at radius 3 is 2.38 bits per heavy atom. The third-order valence-electron chi connectivity index (χ3n) is 4.03. The van der Waals surface area contributed by atoms with Gasteiger partial charge in [-0.25, -0.2) is 0 Å². The molecule has 0 spiro atoms. The van der Waals surface area contributed by atoms with Crippen LogP contribution in [0.1, 0.15) is 46.0 Å². The molecule has 0 aromatic rings. The van der Waals surface area contributed by atoms with Crippen LogP contribution in [0.2, 0.25) is 0 Å². The van der Waals surface area contributed by atoms with Crippen molar-refractivity contribution in [3.63, 3.8) is 0 Å². The van der Waals surface area contributed by atoms with Gasteiger partial charge in [0.25, 0.3) is 0 Å². The van der Waals surface area contributed by atoms with Crippen molar-refractivity contribution in [3.05, 3.63) is 0 Å². The van der Waals surface area contributed by atoms with Gasteiger partial charge in [0.15, 0.2) is 0 Å².